The maximum Gasteiger partial charge on any atom is 0.180 e. The summed E-state index contributed by atoms with van der Waals surface area (Å²) in [7, 11) is 0. The highest BCUT2D eigenvalue weighted by molar-refractivity contribution is 6.11. The summed E-state index contributed by atoms with van der Waals surface area (Å²) in [6.45, 7) is 0. The molecule has 0 amide bonds. The maximum absolute atomic E-state index is 6.83. The van der Waals surface area contributed by atoms with E-state index < -0.39 is 0 Å². The van der Waals surface area contributed by atoms with Crippen molar-refractivity contribution in [2.45, 2.75) is 5.92 Å². The Morgan fingerprint density at radius 1 is 0.329 bits per heavy atom. The average Bonchev–Trinajstić information content (AvgIpc) is 4.29. The molecule has 0 fully saturated rings. The highest BCUT2D eigenvalue weighted by atomic mass is 16.3. The fraction of sp³-hybridized carbons (Fsp3) is 0.0141. The molecule has 0 spiro atoms. The van der Waals surface area contributed by atoms with Gasteiger partial charge >= 0.3 is 0 Å². The molecule has 0 aliphatic heterocycles. The minimum Gasteiger partial charge on any atom is -0.452 e. The summed E-state index contributed by atoms with van der Waals surface area (Å²) < 4.78 is 11.7. The fourth-order valence-corrected chi connectivity index (χ4v) is 12.5. The lowest BCUT2D eigenvalue weighted by Crippen LogP contribution is -2.07. The van der Waals surface area contributed by atoms with E-state index in [9.17, 15) is 0 Å². The predicted molar refractivity (Wildman–Crippen MR) is 313 cm³/mol. The van der Waals surface area contributed by atoms with Gasteiger partial charge in [0.15, 0.2) is 11.4 Å². The first-order valence-electron chi connectivity index (χ1n) is 26.0. The molecule has 354 valence electrons. The third-order valence-electron chi connectivity index (χ3n) is 15.8. The van der Waals surface area contributed by atoms with Crippen LogP contribution in [0.1, 0.15) is 22.6 Å². The second-order valence-corrected chi connectivity index (χ2v) is 20.0. The van der Waals surface area contributed by atoms with E-state index in [4.69, 9.17) is 14.4 Å². The van der Waals surface area contributed by atoms with Gasteiger partial charge in [-0.25, -0.2) is 9.97 Å². The van der Waals surface area contributed by atoms with Crippen molar-refractivity contribution < 1.29 is 4.42 Å². The van der Waals surface area contributed by atoms with Crippen LogP contribution in [0, 0.1) is 0 Å². The Bertz CT molecular complexity index is 4480. The van der Waals surface area contributed by atoms with Gasteiger partial charge in [0.2, 0.25) is 0 Å². The normalized spacial score (nSPS) is 12.4. The highest BCUT2D eigenvalue weighted by Gasteiger charge is 2.36. The van der Waals surface area contributed by atoms with Crippen LogP contribution < -0.4 is 0 Å². The molecule has 0 bridgehead atoms. The van der Waals surface area contributed by atoms with Crippen molar-refractivity contribution in [3.8, 4) is 67.4 Å². The van der Waals surface area contributed by atoms with Crippen molar-refractivity contribution in [2.75, 3.05) is 0 Å². The zero-order valence-corrected chi connectivity index (χ0v) is 41.1. The van der Waals surface area contributed by atoms with Gasteiger partial charge in [-0.05, 0) is 123 Å². The molecule has 1 aliphatic carbocycles. The Balaban J connectivity index is 1.02. The van der Waals surface area contributed by atoms with Crippen LogP contribution >= 0.6 is 0 Å². The van der Waals surface area contributed by atoms with Crippen LogP contribution in [0.4, 0.5) is 0 Å². The van der Waals surface area contributed by atoms with E-state index in [2.05, 4.69) is 234 Å². The van der Waals surface area contributed by atoms with E-state index in [-0.39, 0.29) is 5.92 Å². The van der Waals surface area contributed by atoms with Gasteiger partial charge in [0, 0.05) is 55.4 Å². The lowest BCUT2D eigenvalue weighted by molar-refractivity contribution is 0.667. The number of para-hydroxylation sites is 5. The quantitative estimate of drug-likeness (QED) is 0.160. The van der Waals surface area contributed by atoms with Gasteiger partial charge in [-0.1, -0.05) is 188 Å². The fourth-order valence-electron chi connectivity index (χ4n) is 12.5. The monoisotopic (exact) mass is 968 g/mol. The molecule has 4 aromatic heterocycles. The lowest BCUT2D eigenvalue weighted by Gasteiger charge is -2.25. The Morgan fingerprint density at radius 3 is 1.21 bits per heavy atom. The topological polar surface area (TPSA) is 48.8 Å². The van der Waals surface area contributed by atoms with Crippen LogP contribution in [0.25, 0.3) is 133 Å². The molecule has 4 heterocycles. The third-order valence-corrected chi connectivity index (χ3v) is 15.8. The van der Waals surface area contributed by atoms with E-state index in [1.807, 2.05) is 36.4 Å². The van der Waals surface area contributed by atoms with Crippen molar-refractivity contribution >= 4 is 65.7 Å². The minimum absolute atomic E-state index is 0.206. The van der Waals surface area contributed by atoms with E-state index in [0.717, 1.165) is 66.9 Å². The molecule has 0 N–H and O–H groups in total. The van der Waals surface area contributed by atoms with Crippen molar-refractivity contribution in [3.63, 3.8) is 0 Å². The molecular weight excluding hydrogens is 925 g/mol. The lowest BCUT2D eigenvalue weighted by atomic mass is 9.78. The summed E-state index contributed by atoms with van der Waals surface area (Å²) in [6, 6.07) is 94.6. The molecule has 0 atom stereocenters. The SMILES string of the molecule is c1ccc(-c2nc(-c3cc(-c4ccccc4)c(C4c5cc(-n6c7ccccc7c7ccccc76)ccc5-c5ccc(-n6c7ccccc7c7ccccc76)cc54)c(-c4ccccc4)c3)c3oc4ccccc4c3n2)cc1. The molecule has 0 saturated heterocycles. The van der Waals surface area contributed by atoms with E-state index in [0.29, 0.717) is 11.4 Å². The number of furan rings is 1. The summed E-state index contributed by atoms with van der Waals surface area (Å²) >= 11 is 0. The number of aromatic nitrogens is 4. The van der Waals surface area contributed by atoms with Gasteiger partial charge in [0.05, 0.1) is 22.1 Å². The summed E-state index contributed by atoms with van der Waals surface area (Å²) in [6.07, 6.45) is 0. The van der Waals surface area contributed by atoms with Crippen LogP contribution in [0.2, 0.25) is 0 Å². The molecule has 1 aliphatic rings. The molecule has 0 saturated carbocycles. The Morgan fingerprint density at radius 2 is 0.737 bits per heavy atom. The number of hydrogen-bond acceptors (Lipinski definition) is 3. The molecule has 15 aromatic rings. The van der Waals surface area contributed by atoms with Crippen molar-refractivity contribution in [2.24, 2.45) is 0 Å². The number of fused-ring (bicyclic) bond motifs is 12. The van der Waals surface area contributed by atoms with Crippen LogP contribution in [-0.2, 0) is 0 Å². The van der Waals surface area contributed by atoms with E-state index in [1.54, 1.807) is 0 Å². The Hall–Kier alpha value is -10.1. The molecular formula is C71H44N4O. The first-order chi connectivity index (χ1) is 37.7. The van der Waals surface area contributed by atoms with E-state index in [1.165, 1.54) is 71.4 Å². The van der Waals surface area contributed by atoms with Crippen LogP contribution in [-0.4, -0.2) is 19.1 Å². The van der Waals surface area contributed by atoms with Gasteiger partial charge in [-0.2, -0.15) is 0 Å². The molecule has 76 heavy (non-hydrogen) atoms. The van der Waals surface area contributed by atoms with Crippen molar-refractivity contribution in [1.29, 1.82) is 0 Å². The smallest absolute Gasteiger partial charge is 0.180 e. The first kappa shape index (κ1) is 42.4. The summed E-state index contributed by atoms with van der Waals surface area (Å²) in [5.41, 5.74) is 22.5. The van der Waals surface area contributed by atoms with Crippen LogP contribution in [0.3, 0.4) is 0 Å². The van der Waals surface area contributed by atoms with Gasteiger partial charge in [-0.3, -0.25) is 0 Å². The predicted octanol–water partition coefficient (Wildman–Crippen LogP) is 18.4. The molecule has 11 aromatic carbocycles. The molecule has 16 rings (SSSR count). The van der Waals surface area contributed by atoms with Crippen molar-refractivity contribution in [1.82, 2.24) is 19.1 Å². The van der Waals surface area contributed by atoms with Gasteiger partial charge in [0.1, 0.15) is 16.8 Å². The Labute approximate surface area is 437 Å². The highest BCUT2D eigenvalue weighted by Crippen LogP contribution is 2.55. The zero-order chi connectivity index (χ0) is 49.8. The van der Waals surface area contributed by atoms with E-state index >= 15 is 0 Å². The molecule has 5 heteroatoms. The minimum atomic E-state index is -0.206. The number of rotatable bonds is 7. The summed E-state index contributed by atoms with van der Waals surface area (Å²) in [4.78, 5) is 10.7. The summed E-state index contributed by atoms with van der Waals surface area (Å²) in [5, 5.41) is 5.91. The average molecular weight is 969 g/mol. The van der Waals surface area contributed by atoms with Gasteiger partial charge in [-0.15, -0.1) is 0 Å². The summed E-state index contributed by atoms with van der Waals surface area (Å²) in [5.74, 6) is 0.442. The number of benzene rings is 11. The Kier molecular flexibility index (Phi) is 9.33. The second kappa shape index (κ2) is 16.7. The van der Waals surface area contributed by atoms with Crippen molar-refractivity contribution in [3.05, 3.63) is 278 Å². The third kappa shape index (κ3) is 6.39. The molecule has 5 nitrogen and oxygen atoms in total. The number of hydrogen-bond donors (Lipinski definition) is 0. The first-order valence-corrected chi connectivity index (χ1v) is 26.0. The maximum atomic E-state index is 6.83. The van der Waals surface area contributed by atoms with Gasteiger partial charge in [0.25, 0.3) is 0 Å². The van der Waals surface area contributed by atoms with Gasteiger partial charge < -0.3 is 13.6 Å². The second-order valence-electron chi connectivity index (χ2n) is 20.0. The standard InChI is InChI=1S/C71H44N4O/c1-4-20-44(21-5-1)57-40-47(68-70-69(56-30-14-19-35-65(56)76-70)73-71(72-68)46-24-8-3-9-25-46)41-58(45-22-6-2-7-23-45)66(57)67-59-42-48(74-61-31-15-10-26-52(61)53-27-11-16-32-62(53)74)36-38-50(59)51-39-37-49(43-60(51)67)75-63-33-17-12-28-54(63)55-29-13-18-34-64(55)75/h1-43,67H. The molecule has 0 radical (unpaired) electrons. The number of nitrogens with zero attached hydrogens (tertiary/aromatic N) is 4. The van der Waals surface area contributed by atoms with Crippen LogP contribution in [0.15, 0.2) is 265 Å². The van der Waals surface area contributed by atoms with Crippen LogP contribution in [0.5, 0.6) is 0 Å². The molecule has 0 unspecified atom stereocenters. The zero-order valence-electron chi connectivity index (χ0n) is 41.1. The largest absolute Gasteiger partial charge is 0.452 e.